The molecule has 1 heterocycles. The highest BCUT2D eigenvalue weighted by atomic mass is 16.5. The Morgan fingerprint density at radius 3 is 2.90 bits per heavy atom. The molecule has 0 atom stereocenters. The van der Waals surface area contributed by atoms with Crippen molar-refractivity contribution in [2.75, 3.05) is 45.8 Å². The van der Waals surface area contributed by atoms with Crippen LogP contribution in [0, 0.1) is 0 Å². The van der Waals surface area contributed by atoms with Crippen molar-refractivity contribution in [3.05, 3.63) is 29.8 Å². The molecule has 4 heteroatoms. The summed E-state index contributed by atoms with van der Waals surface area (Å²) in [5.74, 6) is 0. The first-order chi connectivity index (χ1) is 9.78. The molecule has 0 amide bonds. The summed E-state index contributed by atoms with van der Waals surface area (Å²) in [5.41, 5.74) is 2.55. The predicted molar refractivity (Wildman–Crippen MR) is 82.1 cm³/mol. The molecule has 112 valence electrons. The normalized spacial score (nSPS) is 16.6. The third kappa shape index (κ3) is 5.12. The molecule has 1 aromatic carbocycles. The van der Waals surface area contributed by atoms with Crippen molar-refractivity contribution < 1.29 is 9.47 Å². The number of nitrogens with zero attached hydrogens (tertiary/aromatic N) is 1. The van der Waals surface area contributed by atoms with Gasteiger partial charge in [0.1, 0.15) is 0 Å². The highest BCUT2D eigenvalue weighted by molar-refractivity contribution is 5.46. The summed E-state index contributed by atoms with van der Waals surface area (Å²) in [6, 6.07) is 9.25. The number of hydrogen-bond acceptors (Lipinski definition) is 4. The Balaban J connectivity index is 1.86. The van der Waals surface area contributed by atoms with Crippen LogP contribution in [0.5, 0.6) is 0 Å². The summed E-state index contributed by atoms with van der Waals surface area (Å²) in [5, 5.41) is 3.61. The number of methoxy groups -OCH3 is 1. The molecule has 4 nitrogen and oxygen atoms in total. The Labute approximate surface area is 122 Å². The SMILES string of the molecule is COCCN(C)Cc1cccc(NC2CCOCC2)c1. The zero-order chi connectivity index (χ0) is 14.2. The molecule has 0 radical (unpaired) electrons. The maximum absolute atomic E-state index is 5.39. The van der Waals surface area contributed by atoms with E-state index in [2.05, 4.69) is 41.5 Å². The van der Waals surface area contributed by atoms with E-state index in [0.29, 0.717) is 6.04 Å². The smallest absolute Gasteiger partial charge is 0.0589 e. The van der Waals surface area contributed by atoms with Gasteiger partial charge in [-0.25, -0.2) is 0 Å². The van der Waals surface area contributed by atoms with Gasteiger partial charge in [0.15, 0.2) is 0 Å². The van der Waals surface area contributed by atoms with Crippen LogP contribution in [-0.2, 0) is 16.0 Å². The molecule has 1 fully saturated rings. The Morgan fingerprint density at radius 2 is 2.15 bits per heavy atom. The van der Waals surface area contributed by atoms with Crippen molar-refractivity contribution in [3.8, 4) is 0 Å². The lowest BCUT2D eigenvalue weighted by Gasteiger charge is -2.24. The average Bonchev–Trinajstić information content (AvgIpc) is 2.46. The lowest BCUT2D eigenvalue weighted by molar-refractivity contribution is 0.0904. The van der Waals surface area contributed by atoms with Gasteiger partial charge in [0, 0.05) is 45.1 Å². The molecular formula is C16H26N2O2. The van der Waals surface area contributed by atoms with Gasteiger partial charge >= 0.3 is 0 Å². The summed E-state index contributed by atoms with van der Waals surface area (Å²) < 4.78 is 10.5. The molecule has 20 heavy (non-hydrogen) atoms. The lowest BCUT2D eigenvalue weighted by atomic mass is 10.1. The van der Waals surface area contributed by atoms with Crippen molar-refractivity contribution in [3.63, 3.8) is 0 Å². The number of benzene rings is 1. The first kappa shape index (κ1) is 15.3. The minimum atomic E-state index is 0.547. The zero-order valence-electron chi connectivity index (χ0n) is 12.6. The molecule has 0 saturated carbocycles. The molecule has 0 aromatic heterocycles. The average molecular weight is 278 g/mol. The maximum atomic E-state index is 5.39. The third-order valence-electron chi connectivity index (χ3n) is 3.65. The van der Waals surface area contributed by atoms with Gasteiger partial charge in [0.2, 0.25) is 0 Å². The molecule has 1 aromatic rings. The quantitative estimate of drug-likeness (QED) is 0.830. The molecule has 1 N–H and O–H groups in total. The minimum absolute atomic E-state index is 0.547. The zero-order valence-corrected chi connectivity index (χ0v) is 12.6. The van der Waals surface area contributed by atoms with Crippen molar-refractivity contribution in [2.45, 2.75) is 25.4 Å². The van der Waals surface area contributed by atoms with E-state index < -0.39 is 0 Å². The van der Waals surface area contributed by atoms with Crippen LogP contribution in [-0.4, -0.2) is 51.5 Å². The highest BCUT2D eigenvalue weighted by Gasteiger charge is 2.13. The van der Waals surface area contributed by atoms with E-state index in [9.17, 15) is 0 Å². The summed E-state index contributed by atoms with van der Waals surface area (Å²) in [6.07, 6.45) is 2.19. The Bertz CT molecular complexity index is 392. The van der Waals surface area contributed by atoms with Gasteiger partial charge in [-0.1, -0.05) is 12.1 Å². The van der Waals surface area contributed by atoms with E-state index in [-0.39, 0.29) is 0 Å². The van der Waals surface area contributed by atoms with E-state index >= 15 is 0 Å². The van der Waals surface area contributed by atoms with E-state index in [4.69, 9.17) is 9.47 Å². The summed E-state index contributed by atoms with van der Waals surface area (Å²) in [4.78, 5) is 2.27. The molecule has 0 aliphatic carbocycles. The second-order valence-corrected chi connectivity index (χ2v) is 5.46. The van der Waals surface area contributed by atoms with Crippen LogP contribution in [0.15, 0.2) is 24.3 Å². The molecule has 0 unspecified atom stereocenters. The van der Waals surface area contributed by atoms with Gasteiger partial charge in [-0.2, -0.15) is 0 Å². The van der Waals surface area contributed by atoms with Crippen molar-refractivity contribution >= 4 is 5.69 Å². The standard InChI is InChI=1S/C16H26N2O2/c1-18(8-11-19-2)13-14-4-3-5-16(12-14)17-15-6-9-20-10-7-15/h3-5,12,15,17H,6-11,13H2,1-2H3. The fraction of sp³-hybridized carbons (Fsp3) is 0.625. The van der Waals surface area contributed by atoms with E-state index in [1.807, 2.05) is 0 Å². The number of hydrogen-bond donors (Lipinski definition) is 1. The molecule has 0 spiro atoms. The highest BCUT2D eigenvalue weighted by Crippen LogP contribution is 2.17. The van der Waals surface area contributed by atoms with Gasteiger partial charge in [-0.05, 0) is 37.6 Å². The first-order valence-electron chi connectivity index (χ1n) is 7.38. The van der Waals surface area contributed by atoms with Crippen LogP contribution < -0.4 is 5.32 Å². The first-order valence-corrected chi connectivity index (χ1v) is 7.38. The van der Waals surface area contributed by atoms with E-state index in [1.54, 1.807) is 7.11 Å². The Morgan fingerprint density at radius 1 is 1.35 bits per heavy atom. The summed E-state index contributed by atoms with van der Waals surface area (Å²) in [6.45, 7) is 4.42. The summed E-state index contributed by atoms with van der Waals surface area (Å²) >= 11 is 0. The van der Waals surface area contributed by atoms with Crippen molar-refractivity contribution in [1.82, 2.24) is 4.90 Å². The second-order valence-electron chi connectivity index (χ2n) is 5.46. The molecule has 1 saturated heterocycles. The van der Waals surface area contributed by atoms with E-state index in [1.165, 1.54) is 11.3 Å². The van der Waals surface area contributed by atoms with Crippen LogP contribution in [0.1, 0.15) is 18.4 Å². The molecule has 0 bridgehead atoms. The van der Waals surface area contributed by atoms with Crippen LogP contribution in [0.25, 0.3) is 0 Å². The molecule has 1 aliphatic heterocycles. The van der Waals surface area contributed by atoms with Gasteiger partial charge in [0.05, 0.1) is 6.61 Å². The minimum Gasteiger partial charge on any atom is -0.383 e. The van der Waals surface area contributed by atoms with Gasteiger partial charge in [-0.3, -0.25) is 4.90 Å². The second kappa shape index (κ2) is 8.25. The number of rotatable bonds is 7. The Hall–Kier alpha value is -1.10. The van der Waals surface area contributed by atoms with Crippen LogP contribution >= 0.6 is 0 Å². The monoisotopic (exact) mass is 278 g/mol. The number of likely N-dealkylation sites (N-methyl/N-ethyl adjacent to an activating group) is 1. The van der Waals surface area contributed by atoms with Gasteiger partial charge < -0.3 is 14.8 Å². The topological polar surface area (TPSA) is 33.7 Å². The number of nitrogens with one attached hydrogen (secondary N) is 1. The van der Waals surface area contributed by atoms with Crippen LogP contribution in [0.3, 0.4) is 0 Å². The van der Waals surface area contributed by atoms with Crippen LogP contribution in [0.2, 0.25) is 0 Å². The van der Waals surface area contributed by atoms with Crippen LogP contribution in [0.4, 0.5) is 5.69 Å². The van der Waals surface area contributed by atoms with E-state index in [0.717, 1.165) is 45.8 Å². The Kier molecular flexibility index (Phi) is 6.30. The molecule has 2 rings (SSSR count). The van der Waals surface area contributed by atoms with Crippen molar-refractivity contribution in [1.29, 1.82) is 0 Å². The fourth-order valence-electron chi connectivity index (χ4n) is 2.47. The predicted octanol–water partition coefficient (Wildman–Crippen LogP) is 2.36. The summed E-state index contributed by atoms with van der Waals surface area (Å²) in [7, 11) is 3.86. The fourth-order valence-corrected chi connectivity index (χ4v) is 2.47. The third-order valence-corrected chi connectivity index (χ3v) is 3.65. The largest absolute Gasteiger partial charge is 0.383 e. The maximum Gasteiger partial charge on any atom is 0.0589 e. The number of anilines is 1. The molecule has 1 aliphatic rings. The van der Waals surface area contributed by atoms with Gasteiger partial charge in [0.25, 0.3) is 0 Å². The molecular weight excluding hydrogens is 252 g/mol. The van der Waals surface area contributed by atoms with Gasteiger partial charge in [-0.15, -0.1) is 0 Å². The lowest BCUT2D eigenvalue weighted by Crippen LogP contribution is -2.28. The number of ether oxygens (including phenoxy) is 2. The van der Waals surface area contributed by atoms with Crippen molar-refractivity contribution in [2.24, 2.45) is 0 Å².